The molecular formula is C4NO2S. The van der Waals surface area contributed by atoms with Gasteiger partial charge in [0, 0.05) is 0 Å². The third kappa shape index (κ3) is 0.235. The molecule has 0 aliphatic carbocycles. The molecule has 3 heterocycles. The molecule has 0 unspecified atom stereocenters. The topological polar surface area (TPSA) is 39.1 Å². The number of carbonyl (C=O) groups excluding carboxylic acids is 1. The van der Waals surface area contributed by atoms with E-state index in [9.17, 15) is 9.59 Å². The Bertz CT molecular complexity index is 308. The lowest BCUT2D eigenvalue weighted by atomic mass is 10.4. The number of fused-ring (bicyclic) bond motifs is 1. The van der Waals surface area contributed by atoms with Crippen molar-refractivity contribution >= 4 is 17.2 Å². The van der Waals surface area contributed by atoms with Crippen LogP contribution in [0.3, 0.4) is 0 Å². The third-order valence-electron chi connectivity index (χ3n) is 0.983. The molecule has 3 rings (SSSR count). The highest BCUT2D eigenvalue weighted by molar-refractivity contribution is 7.12. The predicted molar refractivity (Wildman–Crippen MR) is 27.1 cm³/mol. The van der Waals surface area contributed by atoms with Gasteiger partial charge in [-0.1, -0.05) is 11.3 Å². The standard InChI is InChI=1S/C4NO2S/c6-3-2-1-5(3)4(7)8-2. The number of hydrogen-bond acceptors (Lipinski definition) is 3. The highest BCUT2D eigenvalue weighted by atomic mass is 32.1. The van der Waals surface area contributed by atoms with E-state index in [0.717, 1.165) is 15.9 Å². The number of hydrogen-bond donors (Lipinski definition) is 0. The van der Waals surface area contributed by atoms with Crippen molar-refractivity contribution in [1.29, 1.82) is 0 Å². The summed E-state index contributed by atoms with van der Waals surface area (Å²) >= 11 is 0.946. The summed E-state index contributed by atoms with van der Waals surface area (Å²) in [5, 5.41) is 0. The maximum absolute atomic E-state index is 10.4. The van der Waals surface area contributed by atoms with Gasteiger partial charge in [0.15, 0.2) is 0 Å². The second kappa shape index (κ2) is 0.925. The molecule has 0 saturated carbocycles. The first kappa shape index (κ1) is 4.03. The molecule has 1 aromatic rings. The Hall–Kier alpha value is -0.900. The van der Waals surface area contributed by atoms with Gasteiger partial charge >= 0.3 is 4.87 Å². The van der Waals surface area contributed by atoms with Gasteiger partial charge in [0.05, 0.1) is 0 Å². The Morgan fingerprint density at radius 1 is 1.50 bits per heavy atom. The second-order valence-electron chi connectivity index (χ2n) is 1.45. The largest absolute Gasteiger partial charge is 0.315 e. The van der Waals surface area contributed by atoms with Crippen LogP contribution in [0.1, 0.15) is 9.67 Å². The minimum atomic E-state index is -0.218. The van der Waals surface area contributed by atoms with Crippen LogP contribution in [0, 0.1) is 6.20 Å². The predicted octanol–water partition coefficient (Wildman–Crippen LogP) is -0.288. The maximum Gasteiger partial charge on any atom is 0.315 e. The Morgan fingerprint density at radius 3 is 2.38 bits per heavy atom. The molecule has 2 aliphatic heterocycles. The van der Waals surface area contributed by atoms with Gasteiger partial charge in [0.25, 0.3) is 5.91 Å². The number of rotatable bonds is 0. The van der Waals surface area contributed by atoms with Crippen molar-refractivity contribution in [2.24, 2.45) is 0 Å². The Labute approximate surface area is 48.2 Å². The van der Waals surface area contributed by atoms with E-state index in [1.807, 2.05) is 0 Å². The highest BCUT2D eigenvalue weighted by Gasteiger charge is 2.26. The first-order valence-corrected chi connectivity index (χ1v) is 2.80. The molecule has 2 bridgehead atoms. The average molecular weight is 126 g/mol. The van der Waals surface area contributed by atoms with Crippen LogP contribution in [-0.2, 0) is 0 Å². The summed E-state index contributed by atoms with van der Waals surface area (Å²) in [5.41, 5.74) is 0. The van der Waals surface area contributed by atoms with Crippen molar-refractivity contribution in [3.05, 3.63) is 20.7 Å². The molecule has 0 aromatic carbocycles. The lowest BCUT2D eigenvalue weighted by Crippen LogP contribution is -2.23. The first-order valence-electron chi connectivity index (χ1n) is 1.99. The van der Waals surface area contributed by atoms with Crippen LogP contribution in [0.25, 0.3) is 0 Å². The molecule has 0 atom stereocenters. The highest BCUT2D eigenvalue weighted by Crippen LogP contribution is 2.13. The van der Waals surface area contributed by atoms with Gasteiger partial charge < -0.3 is 0 Å². The van der Waals surface area contributed by atoms with Crippen molar-refractivity contribution in [2.75, 3.05) is 0 Å². The van der Waals surface area contributed by atoms with Crippen LogP contribution in [0.5, 0.6) is 0 Å². The van der Waals surface area contributed by atoms with Gasteiger partial charge in [-0.3, -0.25) is 9.59 Å². The van der Waals surface area contributed by atoms with Crippen LogP contribution in [0.2, 0.25) is 0 Å². The lowest BCUT2D eigenvalue weighted by molar-refractivity contribution is 0.0939. The zero-order valence-electron chi connectivity index (χ0n) is 3.67. The van der Waals surface area contributed by atoms with Crippen molar-refractivity contribution in [3.8, 4) is 0 Å². The number of thiazole rings is 1. The molecule has 8 heavy (non-hydrogen) atoms. The van der Waals surface area contributed by atoms with E-state index in [-0.39, 0.29) is 10.8 Å². The summed E-state index contributed by atoms with van der Waals surface area (Å²) in [7, 11) is 0. The van der Waals surface area contributed by atoms with Crippen LogP contribution in [0.15, 0.2) is 4.79 Å². The van der Waals surface area contributed by atoms with E-state index in [1.165, 1.54) is 0 Å². The third-order valence-corrected chi connectivity index (χ3v) is 1.81. The molecule has 0 amide bonds. The summed E-state index contributed by atoms with van der Waals surface area (Å²) in [6.45, 7) is 0. The van der Waals surface area contributed by atoms with Crippen molar-refractivity contribution in [2.45, 2.75) is 0 Å². The van der Waals surface area contributed by atoms with Gasteiger partial charge in [-0.25, -0.2) is 4.57 Å². The van der Waals surface area contributed by atoms with Crippen molar-refractivity contribution in [3.63, 3.8) is 0 Å². The van der Waals surface area contributed by atoms with Gasteiger partial charge in [-0.15, -0.1) is 0 Å². The Balaban J connectivity index is 3.01. The fourth-order valence-electron chi connectivity index (χ4n) is 0.577. The van der Waals surface area contributed by atoms with E-state index in [1.54, 1.807) is 0 Å². The monoisotopic (exact) mass is 126 g/mol. The van der Waals surface area contributed by atoms with Gasteiger partial charge in [0.2, 0.25) is 0 Å². The number of aromatic nitrogens is 1. The average Bonchev–Trinajstić information content (AvgIpc) is 2.19. The number of nitrogens with zero attached hydrogens (tertiary/aromatic N) is 1. The SMILES string of the molecule is O=C1c2[c]n1c(=O)s2. The molecule has 0 spiro atoms. The van der Waals surface area contributed by atoms with E-state index >= 15 is 0 Å². The van der Waals surface area contributed by atoms with Crippen LogP contribution in [-0.4, -0.2) is 10.5 Å². The smallest absolute Gasteiger partial charge is 0.267 e. The zero-order valence-corrected chi connectivity index (χ0v) is 4.49. The first-order chi connectivity index (χ1) is 3.79. The molecule has 3 nitrogen and oxygen atoms in total. The quantitative estimate of drug-likeness (QED) is 0.486. The maximum atomic E-state index is 10.4. The van der Waals surface area contributed by atoms with Gasteiger partial charge in [-0.2, -0.15) is 0 Å². The lowest BCUT2D eigenvalue weighted by Gasteiger charge is -1.97. The minimum absolute atomic E-state index is 0.194. The van der Waals surface area contributed by atoms with E-state index < -0.39 is 0 Å². The fourth-order valence-corrected chi connectivity index (χ4v) is 1.29. The van der Waals surface area contributed by atoms with E-state index in [2.05, 4.69) is 6.20 Å². The number of carbonyl (C=O) groups is 1. The molecule has 0 fully saturated rings. The molecule has 2 aliphatic rings. The summed E-state index contributed by atoms with van der Waals surface area (Å²) < 4.78 is 0.986. The Morgan fingerprint density at radius 2 is 2.25 bits per heavy atom. The molecule has 4 heteroatoms. The zero-order chi connectivity index (χ0) is 5.72. The van der Waals surface area contributed by atoms with Crippen LogP contribution < -0.4 is 4.87 Å². The Kier molecular flexibility index (Phi) is 0.465. The fraction of sp³-hybridized carbons (Fsp3) is 0. The minimum Gasteiger partial charge on any atom is -0.267 e. The van der Waals surface area contributed by atoms with Crippen molar-refractivity contribution < 1.29 is 4.79 Å². The van der Waals surface area contributed by atoms with Gasteiger partial charge in [-0.05, 0) is 0 Å². The molecule has 0 N–H and O–H groups in total. The van der Waals surface area contributed by atoms with E-state index in [4.69, 9.17) is 0 Å². The van der Waals surface area contributed by atoms with E-state index in [0.29, 0.717) is 4.88 Å². The van der Waals surface area contributed by atoms with Crippen molar-refractivity contribution in [1.82, 2.24) is 4.57 Å². The molecule has 0 saturated heterocycles. The summed E-state index contributed by atoms with van der Waals surface area (Å²) in [5.74, 6) is -0.194. The molecule has 1 radical (unpaired) electrons. The van der Waals surface area contributed by atoms with Crippen LogP contribution in [0.4, 0.5) is 0 Å². The molecule has 1 aromatic heterocycles. The van der Waals surface area contributed by atoms with Gasteiger partial charge in [0.1, 0.15) is 11.1 Å². The summed E-state index contributed by atoms with van der Waals surface area (Å²) in [4.78, 5) is 21.1. The van der Waals surface area contributed by atoms with Crippen LogP contribution >= 0.6 is 11.3 Å². The second-order valence-corrected chi connectivity index (χ2v) is 2.41. The molecule has 39 valence electrons. The summed E-state index contributed by atoms with van der Waals surface area (Å²) in [6, 6.07) is 0. The normalized spacial score (nSPS) is 13.8. The summed E-state index contributed by atoms with van der Waals surface area (Å²) in [6.07, 6.45) is 2.53. The molecular weight excluding hydrogens is 126 g/mol.